The summed E-state index contributed by atoms with van der Waals surface area (Å²) in [5.74, 6) is -0.398. The topological polar surface area (TPSA) is 66.2 Å². The average Bonchev–Trinajstić information content (AvgIpc) is 2.95. The van der Waals surface area contributed by atoms with Gasteiger partial charge in [-0.3, -0.25) is 4.79 Å². The van der Waals surface area contributed by atoms with E-state index in [1.807, 2.05) is 0 Å². The smallest absolute Gasteiger partial charge is 0.318 e. The van der Waals surface area contributed by atoms with E-state index in [1.54, 1.807) is 0 Å². The van der Waals surface area contributed by atoms with Gasteiger partial charge in [-0.05, 0) is 49.1 Å². The maximum atomic E-state index is 13.8. The molecule has 1 saturated heterocycles. The van der Waals surface area contributed by atoms with Gasteiger partial charge in [0.05, 0.1) is 18.8 Å². The number of hydrogen-bond donors (Lipinski definition) is 0. The molecule has 2 fully saturated rings. The summed E-state index contributed by atoms with van der Waals surface area (Å²) in [5.41, 5.74) is 4.45. The molecule has 0 bridgehead atoms. The second-order valence-electron chi connectivity index (χ2n) is 11.3. The van der Waals surface area contributed by atoms with Crippen LogP contribution in [0.1, 0.15) is 36.1 Å². The number of rotatable bonds is 7. The van der Waals surface area contributed by atoms with Gasteiger partial charge in [-0.2, -0.15) is 9.97 Å². The van der Waals surface area contributed by atoms with Crippen LogP contribution in [0.4, 0.5) is 15.9 Å². The Morgan fingerprint density at radius 3 is 2.68 bits per heavy atom. The highest BCUT2D eigenvalue weighted by Crippen LogP contribution is 2.36. The number of benzene rings is 2. The molecule has 1 aliphatic carbocycles. The van der Waals surface area contributed by atoms with Crippen LogP contribution < -0.4 is 14.5 Å². The quantitative estimate of drug-likeness (QED) is 0.299. The minimum Gasteiger partial charge on any atom is -0.463 e. The van der Waals surface area contributed by atoms with Crippen molar-refractivity contribution >= 4 is 28.2 Å². The summed E-state index contributed by atoms with van der Waals surface area (Å²) in [6, 6.07) is 12.8. The first kappa shape index (κ1) is 27.0. The van der Waals surface area contributed by atoms with Gasteiger partial charge >= 0.3 is 6.01 Å². The first-order valence-corrected chi connectivity index (χ1v) is 14.4. The molecule has 2 aliphatic heterocycles. The molecule has 9 heteroatoms. The number of nitrogens with zero attached hydrogens (tertiary/aromatic N) is 6. The minimum atomic E-state index is -0.997. The molecule has 1 saturated carbocycles. The molecule has 6 rings (SSSR count). The highest BCUT2D eigenvalue weighted by atomic mass is 19.1. The lowest BCUT2D eigenvalue weighted by Gasteiger charge is -2.41. The fraction of sp³-hybridized carbons (Fsp3) is 0.438. The Kier molecular flexibility index (Phi) is 7.48. The highest BCUT2D eigenvalue weighted by molar-refractivity contribution is 5.97. The van der Waals surface area contributed by atoms with Gasteiger partial charge in [0.1, 0.15) is 11.9 Å². The predicted molar refractivity (Wildman–Crippen MR) is 158 cm³/mol. The number of fused-ring (bicyclic) bond motifs is 2. The van der Waals surface area contributed by atoms with Crippen LogP contribution in [0.2, 0.25) is 0 Å². The van der Waals surface area contributed by atoms with Crippen LogP contribution in [0.5, 0.6) is 6.01 Å². The van der Waals surface area contributed by atoms with Gasteiger partial charge in [0.15, 0.2) is 5.83 Å². The normalized spacial score (nSPS) is 19.0. The van der Waals surface area contributed by atoms with Gasteiger partial charge in [-0.1, -0.05) is 43.3 Å². The molecule has 2 aromatic carbocycles. The Morgan fingerprint density at radius 2 is 1.95 bits per heavy atom. The van der Waals surface area contributed by atoms with Crippen molar-refractivity contribution in [1.29, 1.82) is 0 Å². The molecule has 1 amide bonds. The minimum absolute atomic E-state index is 0.0854. The fourth-order valence-corrected chi connectivity index (χ4v) is 6.27. The van der Waals surface area contributed by atoms with Crippen LogP contribution in [-0.4, -0.2) is 66.1 Å². The third kappa shape index (κ3) is 5.31. The molecule has 3 aliphatic rings. The molecule has 8 nitrogen and oxygen atoms in total. The number of carbonyl (C=O) groups is 1. The predicted octanol–water partition coefficient (Wildman–Crippen LogP) is 5.10. The lowest BCUT2D eigenvalue weighted by atomic mass is 9.86. The van der Waals surface area contributed by atoms with Crippen molar-refractivity contribution in [3.63, 3.8) is 0 Å². The summed E-state index contributed by atoms with van der Waals surface area (Å²) in [5, 5.41) is 2.47. The Hall–Kier alpha value is -4.19. The van der Waals surface area contributed by atoms with E-state index in [-0.39, 0.29) is 6.54 Å². The van der Waals surface area contributed by atoms with Crippen LogP contribution in [-0.2, 0) is 17.8 Å². The lowest BCUT2D eigenvalue weighted by Crippen LogP contribution is -2.57. The van der Waals surface area contributed by atoms with Crippen LogP contribution in [0.3, 0.4) is 0 Å². The molecular formula is C32H35FN6O2. The molecule has 41 heavy (non-hydrogen) atoms. The van der Waals surface area contributed by atoms with E-state index in [2.05, 4.69) is 64.5 Å². The second kappa shape index (κ2) is 11.4. The zero-order chi connectivity index (χ0) is 28.5. The number of anilines is 2. The summed E-state index contributed by atoms with van der Waals surface area (Å²) in [6.45, 7) is 16.0. The number of carbonyl (C=O) groups excluding carboxylic acids is 1. The Bertz CT molecular complexity index is 1530. The summed E-state index contributed by atoms with van der Waals surface area (Å²) < 4.78 is 19.9. The molecule has 0 N–H and O–H groups in total. The fourth-order valence-electron chi connectivity index (χ4n) is 6.27. The monoisotopic (exact) mass is 554 g/mol. The van der Waals surface area contributed by atoms with Crippen molar-refractivity contribution in [3.05, 3.63) is 77.0 Å². The highest BCUT2D eigenvalue weighted by Gasteiger charge is 2.36. The van der Waals surface area contributed by atoms with Crippen molar-refractivity contribution in [2.75, 3.05) is 49.1 Å². The van der Waals surface area contributed by atoms with Gasteiger partial charge in [0.2, 0.25) is 6.54 Å². The van der Waals surface area contributed by atoms with Crippen LogP contribution >= 0.6 is 0 Å². The van der Waals surface area contributed by atoms with Gasteiger partial charge in [-0.15, -0.1) is 0 Å². The number of aryl methyl sites for hydroxylation is 1. The zero-order valence-electron chi connectivity index (χ0n) is 23.5. The number of piperazine rings is 1. The lowest BCUT2D eigenvalue weighted by molar-refractivity contribution is -0.131. The van der Waals surface area contributed by atoms with Crippen LogP contribution in [0.25, 0.3) is 15.6 Å². The number of ether oxygens (including phenoxy) is 1. The molecule has 212 valence electrons. The van der Waals surface area contributed by atoms with E-state index in [0.29, 0.717) is 44.7 Å². The largest absolute Gasteiger partial charge is 0.463 e. The third-order valence-electron chi connectivity index (χ3n) is 8.70. The molecule has 3 heterocycles. The van der Waals surface area contributed by atoms with Gasteiger partial charge < -0.3 is 24.3 Å². The molecular weight excluding hydrogens is 519 g/mol. The van der Waals surface area contributed by atoms with Crippen molar-refractivity contribution in [3.8, 4) is 6.01 Å². The van der Waals surface area contributed by atoms with Gasteiger partial charge in [-0.25, -0.2) is 11.0 Å². The van der Waals surface area contributed by atoms with Gasteiger partial charge in [0.25, 0.3) is 5.91 Å². The Balaban J connectivity index is 1.33. The molecule has 1 atom stereocenters. The summed E-state index contributed by atoms with van der Waals surface area (Å²) >= 11 is 0. The Morgan fingerprint density at radius 1 is 1.15 bits per heavy atom. The molecule has 0 radical (unpaired) electrons. The van der Waals surface area contributed by atoms with Crippen molar-refractivity contribution in [1.82, 2.24) is 14.9 Å². The SMILES string of the molecule is [C-]#[N+]C[C@H]1CN(c2nc(OCC3CCC3)nc3c2CCN(c2cccc4cccc(C)c24)C3)CCN1C(=O)C(=C)F. The van der Waals surface area contributed by atoms with E-state index in [0.717, 1.165) is 30.0 Å². The van der Waals surface area contributed by atoms with E-state index >= 15 is 0 Å². The molecule has 3 aromatic rings. The van der Waals surface area contributed by atoms with Gasteiger partial charge in [0, 0.05) is 42.8 Å². The average molecular weight is 555 g/mol. The molecule has 1 aromatic heterocycles. The van der Waals surface area contributed by atoms with Crippen LogP contribution in [0.15, 0.2) is 48.8 Å². The second-order valence-corrected chi connectivity index (χ2v) is 11.3. The first-order chi connectivity index (χ1) is 19.9. The number of halogens is 1. The Labute approximate surface area is 240 Å². The van der Waals surface area contributed by atoms with E-state index in [4.69, 9.17) is 21.3 Å². The maximum absolute atomic E-state index is 13.8. The molecule has 0 spiro atoms. The molecule has 0 unspecified atom stereocenters. The number of amides is 1. The third-order valence-corrected chi connectivity index (χ3v) is 8.70. The standard InChI is InChI=1S/C32H35FN6O2/c1-21-7-4-10-24-11-6-12-28(29(21)24)37-14-13-26-27(19-37)35-32(41-20-23-8-5-9-23)36-30(26)38-15-16-39(31(40)22(2)33)25(18-38)17-34-3/h4,6-7,10-12,23,25H,2,5,8-9,13-20H2,1H3/t25-/m0/s1. The van der Waals surface area contributed by atoms with E-state index < -0.39 is 17.8 Å². The van der Waals surface area contributed by atoms with Crippen LogP contribution in [0, 0.1) is 19.4 Å². The number of hydrogen-bond acceptors (Lipinski definition) is 6. The zero-order valence-corrected chi connectivity index (χ0v) is 23.5. The number of aromatic nitrogens is 2. The summed E-state index contributed by atoms with van der Waals surface area (Å²) in [6.07, 6.45) is 4.32. The van der Waals surface area contributed by atoms with Crippen molar-refractivity contribution in [2.24, 2.45) is 5.92 Å². The van der Waals surface area contributed by atoms with E-state index in [9.17, 15) is 9.18 Å². The summed E-state index contributed by atoms with van der Waals surface area (Å²) in [4.78, 5) is 31.8. The summed E-state index contributed by atoms with van der Waals surface area (Å²) in [7, 11) is 0. The van der Waals surface area contributed by atoms with Crippen molar-refractivity contribution in [2.45, 2.75) is 45.2 Å². The first-order valence-electron chi connectivity index (χ1n) is 14.4. The van der Waals surface area contributed by atoms with E-state index in [1.165, 1.54) is 46.2 Å². The van der Waals surface area contributed by atoms with Crippen molar-refractivity contribution < 1.29 is 13.9 Å². The maximum Gasteiger partial charge on any atom is 0.318 e.